The zero-order valence-electron chi connectivity index (χ0n) is 15.3. The molecule has 26 heavy (non-hydrogen) atoms. The van der Waals surface area contributed by atoms with Crippen LogP contribution in [-0.4, -0.2) is 34.0 Å². The number of allylic oxidation sites excluding steroid dienone is 2. The molecule has 1 aliphatic rings. The molecule has 3 N–H and O–H groups in total. The molecule has 0 aromatic heterocycles. The van der Waals surface area contributed by atoms with Gasteiger partial charge in [-0.15, -0.1) is 0 Å². The SMILES string of the molecule is CC(C)c1ccc(CCOO)cc1.CC1(C(=O)O)C=CC=C(C(=O)O)C1. The lowest BCUT2D eigenvalue weighted by atomic mass is 9.80. The van der Waals surface area contributed by atoms with E-state index in [-0.39, 0.29) is 12.0 Å². The summed E-state index contributed by atoms with van der Waals surface area (Å²) in [6.07, 6.45) is 5.19. The number of benzene rings is 1. The van der Waals surface area contributed by atoms with Gasteiger partial charge < -0.3 is 10.2 Å². The van der Waals surface area contributed by atoms with E-state index in [4.69, 9.17) is 15.5 Å². The van der Waals surface area contributed by atoms with Crippen LogP contribution in [0.1, 0.15) is 44.2 Å². The molecule has 1 atom stereocenters. The largest absolute Gasteiger partial charge is 0.481 e. The molecule has 1 aromatic rings. The molecule has 0 heterocycles. The topological polar surface area (TPSA) is 104 Å². The fourth-order valence-electron chi connectivity index (χ4n) is 2.42. The first-order valence-electron chi connectivity index (χ1n) is 8.40. The van der Waals surface area contributed by atoms with E-state index in [1.165, 1.54) is 36.3 Å². The third-order valence-corrected chi connectivity index (χ3v) is 4.21. The lowest BCUT2D eigenvalue weighted by Gasteiger charge is -2.23. The van der Waals surface area contributed by atoms with Crippen LogP contribution in [0.3, 0.4) is 0 Å². The van der Waals surface area contributed by atoms with Crippen LogP contribution in [0.2, 0.25) is 0 Å². The number of hydrogen-bond acceptors (Lipinski definition) is 4. The standard InChI is InChI=1S/C11H16O2.C9H10O4/c1-9(2)11-5-3-10(4-6-11)7-8-13-12;1-9(8(12)13)4-2-3-6(5-9)7(10)11/h3-6,9,12H,7-8H2,1-2H3;2-4H,5H2,1H3,(H,10,11)(H,12,13). The quantitative estimate of drug-likeness (QED) is 0.524. The molecule has 1 aliphatic carbocycles. The van der Waals surface area contributed by atoms with Crippen LogP contribution in [0.25, 0.3) is 0 Å². The summed E-state index contributed by atoms with van der Waals surface area (Å²) in [7, 11) is 0. The molecule has 142 valence electrons. The van der Waals surface area contributed by atoms with E-state index in [0.29, 0.717) is 12.5 Å². The monoisotopic (exact) mass is 362 g/mol. The lowest BCUT2D eigenvalue weighted by Crippen LogP contribution is -2.28. The Morgan fingerprint density at radius 3 is 2.27 bits per heavy atom. The summed E-state index contributed by atoms with van der Waals surface area (Å²) in [4.78, 5) is 25.4. The normalized spacial score (nSPS) is 18.7. The van der Waals surface area contributed by atoms with Gasteiger partial charge in [-0.25, -0.2) is 9.68 Å². The highest BCUT2D eigenvalue weighted by molar-refractivity contribution is 5.90. The van der Waals surface area contributed by atoms with E-state index in [0.717, 1.165) is 6.42 Å². The highest BCUT2D eigenvalue weighted by Crippen LogP contribution is 2.31. The molecule has 0 saturated heterocycles. The molecule has 0 radical (unpaired) electrons. The second kappa shape index (κ2) is 9.89. The van der Waals surface area contributed by atoms with Crippen LogP contribution in [-0.2, 0) is 20.9 Å². The van der Waals surface area contributed by atoms with Crippen LogP contribution >= 0.6 is 0 Å². The fraction of sp³-hybridized carbons (Fsp3) is 0.400. The lowest BCUT2D eigenvalue weighted by molar-refractivity contribution is -0.241. The van der Waals surface area contributed by atoms with Crippen molar-refractivity contribution in [3.05, 3.63) is 59.2 Å². The van der Waals surface area contributed by atoms with Gasteiger partial charge in [0.1, 0.15) is 0 Å². The number of aliphatic carboxylic acids is 2. The van der Waals surface area contributed by atoms with Crippen molar-refractivity contribution in [3.8, 4) is 0 Å². The zero-order valence-corrected chi connectivity index (χ0v) is 15.3. The highest BCUT2D eigenvalue weighted by atomic mass is 17.1. The maximum absolute atomic E-state index is 10.8. The molecule has 0 amide bonds. The van der Waals surface area contributed by atoms with Crippen molar-refractivity contribution in [1.29, 1.82) is 0 Å². The van der Waals surface area contributed by atoms with E-state index in [1.54, 1.807) is 0 Å². The smallest absolute Gasteiger partial charge is 0.331 e. The Labute approximate surface area is 153 Å². The predicted molar refractivity (Wildman–Crippen MR) is 98.0 cm³/mol. The predicted octanol–water partition coefficient (Wildman–Crippen LogP) is 3.89. The van der Waals surface area contributed by atoms with Crippen LogP contribution in [0.15, 0.2) is 48.1 Å². The molecule has 1 aromatic carbocycles. The van der Waals surface area contributed by atoms with Crippen LogP contribution in [0.4, 0.5) is 0 Å². The molecule has 2 rings (SSSR count). The first kappa shape index (κ1) is 21.6. The minimum absolute atomic E-state index is 0.0359. The van der Waals surface area contributed by atoms with Crippen LogP contribution in [0.5, 0.6) is 0 Å². The Bertz CT molecular complexity index is 672. The van der Waals surface area contributed by atoms with Gasteiger partial charge in [0.2, 0.25) is 0 Å². The van der Waals surface area contributed by atoms with Crippen molar-refractivity contribution in [1.82, 2.24) is 0 Å². The Hall–Kier alpha value is -2.44. The van der Waals surface area contributed by atoms with E-state index in [1.807, 2.05) is 0 Å². The summed E-state index contributed by atoms with van der Waals surface area (Å²) < 4.78 is 0. The van der Waals surface area contributed by atoms with Gasteiger partial charge >= 0.3 is 11.9 Å². The van der Waals surface area contributed by atoms with Gasteiger partial charge in [0, 0.05) is 5.57 Å². The second-order valence-electron chi connectivity index (χ2n) is 6.74. The van der Waals surface area contributed by atoms with Crippen molar-refractivity contribution in [2.45, 2.75) is 39.5 Å². The highest BCUT2D eigenvalue weighted by Gasteiger charge is 2.34. The molecular weight excluding hydrogens is 336 g/mol. The number of carboxylic acid groups (broad SMARTS) is 2. The molecular formula is C20H26O6. The molecule has 6 heteroatoms. The van der Waals surface area contributed by atoms with Crippen LogP contribution < -0.4 is 0 Å². The Balaban J connectivity index is 0.000000260. The Kier molecular flexibility index (Phi) is 8.22. The number of hydrogen-bond donors (Lipinski definition) is 3. The van der Waals surface area contributed by atoms with E-state index in [9.17, 15) is 9.59 Å². The average Bonchev–Trinajstić information content (AvgIpc) is 2.60. The maximum Gasteiger partial charge on any atom is 0.331 e. The van der Waals surface area contributed by atoms with Crippen molar-refractivity contribution in [3.63, 3.8) is 0 Å². The first-order valence-corrected chi connectivity index (χ1v) is 8.40. The minimum atomic E-state index is -1.08. The van der Waals surface area contributed by atoms with Gasteiger partial charge in [-0.2, -0.15) is 0 Å². The zero-order chi connectivity index (χ0) is 19.7. The summed E-state index contributed by atoms with van der Waals surface area (Å²) in [6.45, 7) is 6.21. The first-order chi connectivity index (χ1) is 12.2. The molecule has 6 nitrogen and oxygen atoms in total. The van der Waals surface area contributed by atoms with E-state index >= 15 is 0 Å². The van der Waals surface area contributed by atoms with Crippen molar-refractivity contribution >= 4 is 11.9 Å². The summed E-state index contributed by atoms with van der Waals surface area (Å²) in [5, 5.41) is 25.7. The summed E-state index contributed by atoms with van der Waals surface area (Å²) in [6, 6.07) is 8.40. The molecule has 0 spiro atoms. The summed E-state index contributed by atoms with van der Waals surface area (Å²) in [5.41, 5.74) is 1.59. The number of carbonyl (C=O) groups is 2. The van der Waals surface area contributed by atoms with Crippen LogP contribution in [0, 0.1) is 5.41 Å². The van der Waals surface area contributed by atoms with Gasteiger partial charge in [0.15, 0.2) is 0 Å². The van der Waals surface area contributed by atoms with E-state index in [2.05, 4.69) is 43.0 Å². The Morgan fingerprint density at radius 1 is 1.19 bits per heavy atom. The molecule has 0 bridgehead atoms. The molecule has 0 fully saturated rings. The van der Waals surface area contributed by atoms with Crippen molar-refractivity contribution < 1.29 is 29.9 Å². The maximum atomic E-state index is 10.8. The number of rotatable bonds is 6. The minimum Gasteiger partial charge on any atom is -0.481 e. The van der Waals surface area contributed by atoms with Crippen molar-refractivity contribution in [2.75, 3.05) is 6.61 Å². The van der Waals surface area contributed by atoms with Crippen molar-refractivity contribution in [2.24, 2.45) is 5.41 Å². The molecule has 1 unspecified atom stereocenters. The van der Waals surface area contributed by atoms with Gasteiger partial charge in [-0.3, -0.25) is 10.1 Å². The van der Waals surface area contributed by atoms with Gasteiger partial charge in [-0.1, -0.05) is 56.3 Å². The molecule has 0 aliphatic heterocycles. The second-order valence-corrected chi connectivity index (χ2v) is 6.74. The third-order valence-electron chi connectivity index (χ3n) is 4.21. The van der Waals surface area contributed by atoms with Gasteiger partial charge in [-0.05, 0) is 36.8 Å². The number of carboxylic acids is 2. The average molecular weight is 362 g/mol. The summed E-state index contributed by atoms with van der Waals surface area (Å²) >= 11 is 0. The summed E-state index contributed by atoms with van der Waals surface area (Å²) in [5.74, 6) is -1.49. The third kappa shape index (κ3) is 6.46. The van der Waals surface area contributed by atoms with Gasteiger partial charge in [0.05, 0.1) is 12.0 Å². The van der Waals surface area contributed by atoms with Gasteiger partial charge in [0.25, 0.3) is 0 Å². The Morgan fingerprint density at radius 2 is 1.81 bits per heavy atom. The van der Waals surface area contributed by atoms with E-state index < -0.39 is 17.4 Å². The fourth-order valence-corrected chi connectivity index (χ4v) is 2.42. The molecule has 0 saturated carbocycles.